The van der Waals surface area contributed by atoms with Gasteiger partial charge in [-0.2, -0.15) is 23.5 Å². The normalized spacial score (nSPS) is 42.0. The molecule has 88 valence electrons. The molecule has 2 fully saturated rings. The van der Waals surface area contributed by atoms with Crippen LogP contribution in [0.3, 0.4) is 0 Å². The van der Waals surface area contributed by atoms with E-state index in [9.17, 15) is 0 Å². The molecule has 0 radical (unpaired) electrons. The quantitative estimate of drug-likeness (QED) is 0.820. The van der Waals surface area contributed by atoms with Gasteiger partial charge in [-0.25, -0.2) is 0 Å². The van der Waals surface area contributed by atoms with Gasteiger partial charge in [0, 0.05) is 22.6 Å². The highest BCUT2D eigenvalue weighted by Gasteiger charge is 2.28. The van der Waals surface area contributed by atoms with E-state index < -0.39 is 0 Å². The molecule has 2 unspecified atom stereocenters. The molecule has 0 aromatic carbocycles. The average molecular weight is 245 g/mol. The Morgan fingerprint density at radius 1 is 1.13 bits per heavy atom. The highest BCUT2D eigenvalue weighted by molar-refractivity contribution is 8.00. The zero-order valence-corrected chi connectivity index (χ0v) is 11.5. The molecule has 0 amide bonds. The molecule has 0 aromatic rings. The first-order chi connectivity index (χ1) is 7.29. The molecule has 1 heterocycles. The lowest BCUT2D eigenvalue weighted by molar-refractivity contribution is 0.340. The third-order valence-electron chi connectivity index (χ3n) is 3.83. The molecule has 15 heavy (non-hydrogen) atoms. The van der Waals surface area contributed by atoms with Crippen molar-refractivity contribution >= 4 is 23.5 Å². The van der Waals surface area contributed by atoms with E-state index in [1.807, 2.05) is 0 Å². The van der Waals surface area contributed by atoms with Crippen LogP contribution < -0.4 is 5.32 Å². The van der Waals surface area contributed by atoms with Gasteiger partial charge in [-0.05, 0) is 44.1 Å². The maximum absolute atomic E-state index is 3.88. The molecule has 1 saturated heterocycles. The van der Waals surface area contributed by atoms with Crippen LogP contribution in [0.1, 0.15) is 39.0 Å². The maximum atomic E-state index is 3.88. The van der Waals surface area contributed by atoms with Crippen molar-refractivity contribution in [3.63, 3.8) is 0 Å². The lowest BCUT2D eigenvalue weighted by Crippen LogP contribution is -2.43. The summed E-state index contributed by atoms with van der Waals surface area (Å²) in [7, 11) is 0. The minimum atomic E-state index is 0.797. The van der Waals surface area contributed by atoms with Gasteiger partial charge in [0.05, 0.1) is 0 Å². The largest absolute Gasteiger partial charge is 0.310 e. The van der Waals surface area contributed by atoms with Crippen molar-refractivity contribution in [1.29, 1.82) is 0 Å². The van der Waals surface area contributed by atoms with Crippen molar-refractivity contribution in [2.45, 2.75) is 61.6 Å². The average Bonchev–Trinajstić information content (AvgIpc) is 2.66. The molecule has 0 spiro atoms. The molecule has 3 heteroatoms. The summed E-state index contributed by atoms with van der Waals surface area (Å²) in [6, 6.07) is 1.62. The number of rotatable bonds is 3. The van der Waals surface area contributed by atoms with E-state index in [0.29, 0.717) is 0 Å². The smallest absolute Gasteiger partial charge is 0.0194 e. The molecule has 0 bridgehead atoms. The van der Waals surface area contributed by atoms with Gasteiger partial charge in [-0.15, -0.1) is 0 Å². The Morgan fingerprint density at radius 3 is 2.40 bits per heavy atom. The number of hydrogen-bond acceptors (Lipinski definition) is 3. The predicted octanol–water partition coefficient (Wildman–Crippen LogP) is 3.14. The summed E-state index contributed by atoms with van der Waals surface area (Å²) in [6.07, 6.45) is 9.29. The van der Waals surface area contributed by atoms with Gasteiger partial charge in [0.25, 0.3) is 0 Å². The van der Waals surface area contributed by atoms with Crippen LogP contribution in [0.2, 0.25) is 0 Å². The Bertz CT molecular complexity index is 190. The third kappa shape index (κ3) is 3.31. The first kappa shape index (κ1) is 12.1. The Balaban J connectivity index is 1.72. The summed E-state index contributed by atoms with van der Waals surface area (Å²) in [6.45, 7) is 2.38. The minimum Gasteiger partial charge on any atom is -0.310 e. The minimum absolute atomic E-state index is 0.797. The van der Waals surface area contributed by atoms with Crippen LogP contribution in [0.4, 0.5) is 0 Å². The summed E-state index contributed by atoms with van der Waals surface area (Å²) in [5, 5.41) is 5.66. The molecule has 2 aliphatic rings. The van der Waals surface area contributed by atoms with Crippen LogP contribution in [-0.4, -0.2) is 34.6 Å². The number of thioether (sulfide) groups is 2. The standard InChI is InChI=1S/C12H23NS2/c1-9-12(7-8-15-9)13-10-3-5-11(14-2)6-4-10/h9-13H,3-8H2,1-2H3. The first-order valence-electron chi connectivity index (χ1n) is 6.20. The molecular weight excluding hydrogens is 222 g/mol. The molecule has 1 saturated carbocycles. The highest BCUT2D eigenvalue weighted by atomic mass is 32.2. The summed E-state index contributed by atoms with van der Waals surface area (Å²) >= 11 is 4.19. The second-order valence-corrected chi connectivity index (χ2v) is 7.47. The van der Waals surface area contributed by atoms with Gasteiger partial charge in [0.1, 0.15) is 0 Å². The van der Waals surface area contributed by atoms with Gasteiger partial charge in [0.2, 0.25) is 0 Å². The van der Waals surface area contributed by atoms with E-state index in [2.05, 4.69) is 42.0 Å². The van der Waals surface area contributed by atoms with Crippen molar-refractivity contribution in [3.05, 3.63) is 0 Å². The van der Waals surface area contributed by atoms with E-state index in [-0.39, 0.29) is 0 Å². The Kier molecular flexibility index (Phi) is 4.71. The molecule has 1 N–H and O–H groups in total. The monoisotopic (exact) mass is 245 g/mol. The van der Waals surface area contributed by atoms with Crippen molar-refractivity contribution in [2.24, 2.45) is 0 Å². The van der Waals surface area contributed by atoms with Crippen LogP contribution in [-0.2, 0) is 0 Å². The molecular formula is C12H23NS2. The lowest BCUT2D eigenvalue weighted by Gasteiger charge is -2.31. The molecule has 0 aromatic heterocycles. The topological polar surface area (TPSA) is 12.0 Å². The van der Waals surface area contributed by atoms with Gasteiger partial charge >= 0.3 is 0 Å². The molecule has 2 atom stereocenters. The highest BCUT2D eigenvalue weighted by Crippen LogP contribution is 2.30. The van der Waals surface area contributed by atoms with Gasteiger partial charge in [-0.1, -0.05) is 6.92 Å². The van der Waals surface area contributed by atoms with Crippen LogP contribution >= 0.6 is 23.5 Å². The third-order valence-corrected chi connectivity index (χ3v) is 6.30. The second kappa shape index (κ2) is 5.83. The van der Waals surface area contributed by atoms with Crippen molar-refractivity contribution in [1.82, 2.24) is 5.32 Å². The van der Waals surface area contributed by atoms with Gasteiger partial charge in [-0.3, -0.25) is 0 Å². The van der Waals surface area contributed by atoms with E-state index in [1.54, 1.807) is 0 Å². The number of nitrogens with one attached hydrogen (secondary N) is 1. The van der Waals surface area contributed by atoms with Crippen LogP contribution in [0, 0.1) is 0 Å². The van der Waals surface area contributed by atoms with Gasteiger partial charge < -0.3 is 5.32 Å². The molecule has 1 aliphatic carbocycles. The Labute approximate surface area is 103 Å². The summed E-state index contributed by atoms with van der Waals surface area (Å²) in [5.41, 5.74) is 0. The summed E-state index contributed by atoms with van der Waals surface area (Å²) in [4.78, 5) is 0. The van der Waals surface area contributed by atoms with Crippen molar-refractivity contribution < 1.29 is 0 Å². The summed E-state index contributed by atoms with van der Waals surface area (Å²) in [5.74, 6) is 1.36. The van der Waals surface area contributed by atoms with Crippen LogP contribution in [0.15, 0.2) is 0 Å². The number of hydrogen-bond donors (Lipinski definition) is 1. The SMILES string of the molecule is CSC1CCC(NC2CCSC2C)CC1. The van der Waals surface area contributed by atoms with E-state index in [1.165, 1.54) is 37.9 Å². The molecule has 2 rings (SSSR count). The van der Waals surface area contributed by atoms with Crippen LogP contribution in [0.5, 0.6) is 0 Å². The van der Waals surface area contributed by atoms with Crippen LogP contribution in [0.25, 0.3) is 0 Å². The fourth-order valence-corrected chi connectivity index (χ4v) is 4.67. The van der Waals surface area contributed by atoms with E-state index >= 15 is 0 Å². The maximum Gasteiger partial charge on any atom is 0.0194 e. The molecule has 1 aliphatic heterocycles. The zero-order valence-electron chi connectivity index (χ0n) is 9.87. The predicted molar refractivity (Wildman–Crippen MR) is 73.0 cm³/mol. The fourth-order valence-electron chi connectivity index (χ4n) is 2.72. The first-order valence-corrected chi connectivity index (χ1v) is 8.53. The second-order valence-electron chi connectivity index (χ2n) is 4.85. The zero-order chi connectivity index (χ0) is 10.7. The molecule has 1 nitrogen and oxygen atoms in total. The van der Waals surface area contributed by atoms with E-state index in [4.69, 9.17) is 0 Å². The van der Waals surface area contributed by atoms with E-state index in [0.717, 1.165) is 22.6 Å². The Morgan fingerprint density at radius 2 is 1.87 bits per heavy atom. The summed E-state index contributed by atoms with van der Waals surface area (Å²) < 4.78 is 0. The van der Waals surface area contributed by atoms with Gasteiger partial charge in [0.15, 0.2) is 0 Å². The lowest BCUT2D eigenvalue weighted by atomic mass is 9.94. The fraction of sp³-hybridized carbons (Fsp3) is 1.00. The Hall–Kier alpha value is 0.660. The van der Waals surface area contributed by atoms with Crippen molar-refractivity contribution in [2.75, 3.05) is 12.0 Å². The van der Waals surface area contributed by atoms with Crippen molar-refractivity contribution in [3.8, 4) is 0 Å².